The van der Waals surface area contributed by atoms with E-state index in [-0.39, 0.29) is 0 Å². The maximum Gasteiger partial charge on any atom is -0.0263 e. The molecule has 0 aromatic carbocycles. The van der Waals surface area contributed by atoms with Crippen LogP contribution in [-0.2, 0) is 0 Å². The highest BCUT2D eigenvalue weighted by molar-refractivity contribution is 5.17. The summed E-state index contributed by atoms with van der Waals surface area (Å²) >= 11 is 0. The molecule has 0 N–H and O–H groups in total. The third-order valence-electron chi connectivity index (χ3n) is 15.1. The lowest BCUT2D eigenvalue weighted by molar-refractivity contribution is 0.220. The normalized spacial score (nSPS) is 62.6. The van der Waals surface area contributed by atoms with E-state index in [0.717, 1.165) is 112 Å². The molecule has 0 radical (unpaired) electrons. The Hall–Kier alpha value is 0. The third-order valence-corrected chi connectivity index (χ3v) is 15.1. The van der Waals surface area contributed by atoms with Gasteiger partial charge in [-0.25, -0.2) is 0 Å². The summed E-state index contributed by atoms with van der Waals surface area (Å²) in [4.78, 5) is 0. The monoisotopic (exact) mass is 511 g/mol. The van der Waals surface area contributed by atoms with Crippen LogP contribution in [0.5, 0.6) is 0 Å². The average Bonchev–Trinajstić information content (AvgIpc) is 3.24. The van der Waals surface area contributed by atoms with Gasteiger partial charge in [-0.1, -0.05) is 83.1 Å². The van der Waals surface area contributed by atoms with Crippen LogP contribution < -0.4 is 0 Å². The van der Waals surface area contributed by atoms with E-state index in [1.54, 1.807) is 6.42 Å². The third kappa shape index (κ3) is 4.61. The Morgan fingerprint density at radius 1 is 0.351 bits per heavy atom. The second-order valence-electron chi connectivity index (χ2n) is 17.5. The van der Waals surface area contributed by atoms with Crippen LogP contribution in [0.2, 0.25) is 0 Å². The highest BCUT2D eigenvalue weighted by Crippen LogP contribution is 2.75. The van der Waals surface area contributed by atoms with Crippen molar-refractivity contribution in [2.24, 2.45) is 112 Å². The van der Waals surface area contributed by atoms with E-state index in [2.05, 4.69) is 83.1 Å². The van der Waals surface area contributed by atoms with Gasteiger partial charge in [0, 0.05) is 0 Å². The number of hydrogen-bond acceptors (Lipinski definition) is 0. The van der Waals surface area contributed by atoms with E-state index in [9.17, 15) is 0 Å². The van der Waals surface area contributed by atoms with Gasteiger partial charge >= 0.3 is 0 Å². The highest BCUT2D eigenvalue weighted by Gasteiger charge is 2.69. The van der Waals surface area contributed by atoms with Crippen molar-refractivity contribution >= 4 is 0 Å². The fourth-order valence-electron chi connectivity index (χ4n) is 14.0. The summed E-state index contributed by atoms with van der Waals surface area (Å²) in [5.74, 6) is 18.7. The molecule has 0 aliphatic heterocycles. The van der Waals surface area contributed by atoms with Gasteiger partial charge in [-0.05, 0) is 150 Å². The first-order chi connectivity index (χ1) is 17.3. The van der Waals surface area contributed by atoms with Gasteiger partial charge in [0.15, 0.2) is 0 Å². The van der Waals surface area contributed by atoms with Crippen molar-refractivity contribution in [2.75, 3.05) is 0 Å². The molecule has 7 rings (SSSR count). The lowest BCUT2D eigenvalue weighted by atomic mass is 9.79. The molecule has 0 aromatic heterocycles. The molecule has 0 spiro atoms. The molecule has 7 aliphatic carbocycles. The zero-order valence-corrected chi connectivity index (χ0v) is 27.1. The fourth-order valence-corrected chi connectivity index (χ4v) is 14.0. The summed E-state index contributed by atoms with van der Waals surface area (Å²) in [6, 6.07) is 0. The van der Waals surface area contributed by atoms with E-state index in [4.69, 9.17) is 0 Å². The number of hydrogen-bond donors (Lipinski definition) is 0. The fraction of sp³-hybridized carbons (Fsp3) is 1.00. The standard InChI is InChI=1S/C13H22.2C12H22/c1-7-5-8(2)12-10-6-13(10,4)9(3)11(7)12;2*1-7-5-8(2)12-10(4)6-9(3)11(7)12/h7-12H,5-6H2,1-4H3;2*7-12H,5-6H2,1-4H3. The first kappa shape index (κ1) is 28.5. The van der Waals surface area contributed by atoms with E-state index >= 15 is 0 Å². The quantitative estimate of drug-likeness (QED) is 0.304. The molecule has 7 saturated carbocycles. The van der Waals surface area contributed by atoms with Gasteiger partial charge in [0.2, 0.25) is 0 Å². The smallest absolute Gasteiger partial charge is 0.0263 e. The lowest BCUT2D eigenvalue weighted by Gasteiger charge is -2.26. The molecule has 0 nitrogen and oxygen atoms in total. The van der Waals surface area contributed by atoms with Gasteiger partial charge in [0.25, 0.3) is 0 Å². The molecule has 214 valence electrons. The van der Waals surface area contributed by atoms with Crippen LogP contribution in [0.3, 0.4) is 0 Å². The maximum absolute atomic E-state index is 2.54. The Labute approximate surface area is 233 Å². The van der Waals surface area contributed by atoms with Crippen LogP contribution >= 0.6 is 0 Å². The largest absolute Gasteiger partial charge is 0.0622 e. The van der Waals surface area contributed by atoms with Crippen molar-refractivity contribution in [3.63, 3.8) is 0 Å². The van der Waals surface area contributed by atoms with E-state index in [0.29, 0.717) is 0 Å². The summed E-state index contributed by atoms with van der Waals surface area (Å²) in [7, 11) is 0. The van der Waals surface area contributed by atoms with Crippen LogP contribution in [0, 0.1) is 112 Å². The molecule has 0 saturated heterocycles. The van der Waals surface area contributed by atoms with Crippen LogP contribution in [0.4, 0.5) is 0 Å². The lowest BCUT2D eigenvalue weighted by Crippen LogP contribution is -2.20. The molecule has 0 amide bonds. The molecule has 7 aliphatic rings. The molecule has 15 unspecified atom stereocenters. The SMILES string of the molecule is CC1CC(C)C2C(C)CC(C)C12.CC1CC(C)C2C(C)CC(C)C12.CC1CC(C)C2C1C(C)C1(C)CC21. The van der Waals surface area contributed by atoms with Crippen molar-refractivity contribution in [1.29, 1.82) is 0 Å². The first-order valence-electron chi connectivity index (χ1n) is 17.3. The van der Waals surface area contributed by atoms with Gasteiger partial charge in [0.1, 0.15) is 0 Å². The number of rotatable bonds is 0. The zero-order valence-electron chi connectivity index (χ0n) is 27.1. The Morgan fingerprint density at radius 3 is 0.865 bits per heavy atom. The van der Waals surface area contributed by atoms with Crippen molar-refractivity contribution in [1.82, 2.24) is 0 Å². The van der Waals surface area contributed by atoms with Crippen molar-refractivity contribution in [2.45, 2.75) is 122 Å². The molecule has 37 heavy (non-hydrogen) atoms. The number of fused-ring (bicyclic) bond motifs is 5. The second kappa shape index (κ2) is 10.1. The van der Waals surface area contributed by atoms with Gasteiger partial charge in [-0.2, -0.15) is 0 Å². The second-order valence-corrected chi connectivity index (χ2v) is 17.5. The van der Waals surface area contributed by atoms with Crippen LogP contribution in [0.15, 0.2) is 0 Å². The van der Waals surface area contributed by atoms with Crippen LogP contribution in [0.1, 0.15) is 122 Å². The summed E-state index contributed by atoms with van der Waals surface area (Å²) in [5, 5.41) is 0. The molecule has 15 atom stereocenters. The van der Waals surface area contributed by atoms with Crippen LogP contribution in [0.25, 0.3) is 0 Å². The minimum absolute atomic E-state index is 0.776. The summed E-state index contributed by atoms with van der Waals surface area (Å²) < 4.78 is 0. The van der Waals surface area contributed by atoms with Gasteiger partial charge in [-0.3, -0.25) is 0 Å². The van der Waals surface area contributed by atoms with Gasteiger partial charge in [0.05, 0.1) is 0 Å². The molecular weight excluding hydrogens is 444 g/mol. The topological polar surface area (TPSA) is 0 Å². The van der Waals surface area contributed by atoms with Crippen LogP contribution in [-0.4, -0.2) is 0 Å². The average molecular weight is 511 g/mol. The maximum atomic E-state index is 2.54. The van der Waals surface area contributed by atoms with Crippen molar-refractivity contribution in [3.05, 3.63) is 0 Å². The highest BCUT2D eigenvalue weighted by atomic mass is 14.7. The van der Waals surface area contributed by atoms with Crippen molar-refractivity contribution < 1.29 is 0 Å². The summed E-state index contributed by atoms with van der Waals surface area (Å²) in [6.07, 6.45) is 9.01. The predicted molar refractivity (Wildman–Crippen MR) is 161 cm³/mol. The predicted octanol–water partition coefficient (Wildman–Crippen LogP) is 10.7. The Kier molecular flexibility index (Phi) is 7.81. The molecule has 0 heteroatoms. The minimum Gasteiger partial charge on any atom is -0.0622 e. The van der Waals surface area contributed by atoms with Crippen molar-refractivity contribution in [3.8, 4) is 0 Å². The Morgan fingerprint density at radius 2 is 0.595 bits per heavy atom. The Balaban J connectivity index is 0.000000114. The summed E-state index contributed by atoms with van der Waals surface area (Å²) in [6.45, 7) is 29.8. The summed E-state index contributed by atoms with van der Waals surface area (Å²) in [5.41, 5.74) is 0.776. The van der Waals surface area contributed by atoms with E-state index in [1.807, 2.05) is 0 Å². The Bertz CT molecular complexity index is 678. The molecule has 0 aromatic rings. The molecular formula is C37H66. The van der Waals surface area contributed by atoms with E-state index in [1.165, 1.54) is 32.1 Å². The first-order valence-corrected chi connectivity index (χ1v) is 17.3. The zero-order chi connectivity index (χ0) is 27.1. The molecule has 0 heterocycles. The molecule has 7 fully saturated rings. The van der Waals surface area contributed by atoms with Gasteiger partial charge < -0.3 is 0 Å². The minimum atomic E-state index is 0.776. The molecule has 0 bridgehead atoms. The van der Waals surface area contributed by atoms with E-state index < -0.39 is 0 Å². The van der Waals surface area contributed by atoms with Gasteiger partial charge in [-0.15, -0.1) is 0 Å².